The van der Waals surface area contributed by atoms with E-state index in [2.05, 4.69) is 23.1 Å². The van der Waals surface area contributed by atoms with Gasteiger partial charge >= 0.3 is 0 Å². The van der Waals surface area contributed by atoms with Gasteiger partial charge in [0.1, 0.15) is 5.69 Å². The minimum atomic E-state index is 0.103. The van der Waals surface area contributed by atoms with Crippen LogP contribution < -0.4 is 0 Å². The van der Waals surface area contributed by atoms with Crippen molar-refractivity contribution in [2.75, 3.05) is 6.54 Å². The van der Waals surface area contributed by atoms with E-state index in [1.54, 1.807) is 6.20 Å². The molecule has 1 N–H and O–H groups in total. The lowest BCUT2D eigenvalue weighted by Gasteiger charge is -2.35. The molecule has 1 saturated heterocycles. The summed E-state index contributed by atoms with van der Waals surface area (Å²) >= 11 is 0. The smallest absolute Gasteiger partial charge is 0.270 e. The second-order valence-electron chi connectivity index (χ2n) is 5.84. The van der Waals surface area contributed by atoms with Crippen molar-refractivity contribution in [3.63, 3.8) is 0 Å². The lowest BCUT2D eigenvalue weighted by molar-refractivity contribution is 0.0577. The van der Waals surface area contributed by atoms with Gasteiger partial charge in [0.25, 0.3) is 5.91 Å². The highest BCUT2D eigenvalue weighted by molar-refractivity contribution is 5.92. The average molecular weight is 286 g/mol. The topological polar surface area (TPSA) is 53.9 Å². The van der Waals surface area contributed by atoms with Gasteiger partial charge in [0.2, 0.25) is 0 Å². The standard InChI is InChI=1S/C16H22N4O/c1-12-10-13(2)20(18-12)11-14-6-3-4-9-19(14)16(21)15-7-5-8-17-15/h5,7-8,10,14,17H,3-4,6,9,11H2,1-2H3. The Bertz CT molecular complexity index is 614. The number of nitrogens with zero attached hydrogens (tertiary/aromatic N) is 3. The highest BCUT2D eigenvalue weighted by atomic mass is 16.2. The highest BCUT2D eigenvalue weighted by Crippen LogP contribution is 2.21. The Morgan fingerprint density at radius 2 is 2.29 bits per heavy atom. The number of aromatic nitrogens is 3. The zero-order chi connectivity index (χ0) is 14.8. The molecule has 0 saturated carbocycles. The van der Waals surface area contributed by atoms with Gasteiger partial charge < -0.3 is 9.88 Å². The molecule has 0 aromatic carbocycles. The SMILES string of the molecule is Cc1cc(C)n(CC2CCCCN2C(=O)c2ccc[nH]2)n1. The molecule has 1 aliphatic heterocycles. The van der Waals surface area contributed by atoms with Crippen LogP contribution in [-0.4, -0.2) is 38.2 Å². The highest BCUT2D eigenvalue weighted by Gasteiger charge is 2.28. The molecule has 3 rings (SSSR count). The zero-order valence-electron chi connectivity index (χ0n) is 12.7. The van der Waals surface area contributed by atoms with Crippen molar-refractivity contribution in [1.29, 1.82) is 0 Å². The minimum Gasteiger partial charge on any atom is -0.357 e. The number of rotatable bonds is 3. The first-order valence-electron chi connectivity index (χ1n) is 7.60. The maximum atomic E-state index is 12.6. The third-order valence-corrected chi connectivity index (χ3v) is 4.20. The van der Waals surface area contributed by atoms with E-state index in [1.807, 2.05) is 28.6 Å². The van der Waals surface area contributed by atoms with Gasteiger partial charge in [-0.25, -0.2) is 0 Å². The second-order valence-corrected chi connectivity index (χ2v) is 5.84. The van der Waals surface area contributed by atoms with E-state index in [0.717, 1.165) is 37.3 Å². The number of hydrogen-bond donors (Lipinski definition) is 1. The van der Waals surface area contributed by atoms with Crippen molar-refractivity contribution in [2.45, 2.75) is 45.7 Å². The Balaban J connectivity index is 1.78. The maximum absolute atomic E-state index is 12.6. The zero-order valence-corrected chi connectivity index (χ0v) is 12.7. The summed E-state index contributed by atoms with van der Waals surface area (Å²) in [6, 6.07) is 6.03. The van der Waals surface area contributed by atoms with E-state index in [-0.39, 0.29) is 11.9 Å². The summed E-state index contributed by atoms with van der Waals surface area (Å²) in [6.45, 7) is 5.69. The van der Waals surface area contributed by atoms with Crippen LogP contribution in [0.3, 0.4) is 0 Å². The lowest BCUT2D eigenvalue weighted by atomic mass is 10.0. The molecule has 1 aliphatic rings. The van der Waals surface area contributed by atoms with Gasteiger partial charge in [-0.3, -0.25) is 9.48 Å². The van der Waals surface area contributed by atoms with Crippen molar-refractivity contribution in [3.05, 3.63) is 41.5 Å². The molecule has 0 aliphatic carbocycles. The van der Waals surface area contributed by atoms with Gasteiger partial charge in [0.05, 0.1) is 18.3 Å². The van der Waals surface area contributed by atoms with Crippen LogP contribution in [0.1, 0.15) is 41.1 Å². The van der Waals surface area contributed by atoms with Crippen LogP contribution in [-0.2, 0) is 6.54 Å². The first-order chi connectivity index (χ1) is 10.1. The third kappa shape index (κ3) is 2.86. The summed E-state index contributed by atoms with van der Waals surface area (Å²) in [7, 11) is 0. The number of nitrogens with one attached hydrogen (secondary N) is 1. The van der Waals surface area contributed by atoms with Crippen molar-refractivity contribution in [1.82, 2.24) is 19.7 Å². The molecule has 2 aromatic heterocycles. The van der Waals surface area contributed by atoms with Crippen LogP contribution in [0.25, 0.3) is 0 Å². The Morgan fingerprint density at radius 1 is 1.43 bits per heavy atom. The predicted molar refractivity (Wildman–Crippen MR) is 81.2 cm³/mol. The molecule has 1 fully saturated rings. The Kier molecular flexibility index (Phi) is 3.82. The predicted octanol–water partition coefficient (Wildman–Crippen LogP) is 2.52. The van der Waals surface area contributed by atoms with E-state index in [4.69, 9.17) is 0 Å². The molecule has 1 atom stereocenters. The van der Waals surface area contributed by atoms with Crippen LogP contribution in [0.5, 0.6) is 0 Å². The molecular formula is C16H22N4O. The Morgan fingerprint density at radius 3 is 2.95 bits per heavy atom. The number of H-pyrrole nitrogens is 1. The number of piperidine rings is 1. The summed E-state index contributed by atoms with van der Waals surface area (Å²) in [4.78, 5) is 17.6. The van der Waals surface area contributed by atoms with Crippen molar-refractivity contribution >= 4 is 5.91 Å². The van der Waals surface area contributed by atoms with Crippen molar-refractivity contribution < 1.29 is 4.79 Å². The van der Waals surface area contributed by atoms with E-state index in [9.17, 15) is 4.79 Å². The normalized spacial score (nSPS) is 19.0. The molecule has 2 aromatic rings. The van der Waals surface area contributed by atoms with Gasteiger partial charge in [-0.05, 0) is 51.3 Å². The maximum Gasteiger partial charge on any atom is 0.270 e. The van der Waals surface area contributed by atoms with Gasteiger partial charge in [0.15, 0.2) is 0 Å². The first kappa shape index (κ1) is 13.9. The fraction of sp³-hybridized carbons (Fsp3) is 0.500. The van der Waals surface area contributed by atoms with Gasteiger partial charge in [0, 0.05) is 18.4 Å². The molecule has 5 heteroatoms. The molecule has 21 heavy (non-hydrogen) atoms. The fourth-order valence-electron chi connectivity index (χ4n) is 3.14. The number of aromatic amines is 1. The van der Waals surface area contributed by atoms with E-state index >= 15 is 0 Å². The van der Waals surface area contributed by atoms with Gasteiger partial charge in [-0.1, -0.05) is 0 Å². The summed E-state index contributed by atoms with van der Waals surface area (Å²) in [5.41, 5.74) is 2.87. The third-order valence-electron chi connectivity index (χ3n) is 4.20. The molecule has 112 valence electrons. The van der Waals surface area contributed by atoms with Gasteiger partial charge in [-0.2, -0.15) is 5.10 Å². The van der Waals surface area contributed by atoms with E-state index in [0.29, 0.717) is 5.69 Å². The molecule has 0 radical (unpaired) electrons. The first-order valence-corrected chi connectivity index (χ1v) is 7.60. The van der Waals surface area contributed by atoms with E-state index in [1.165, 1.54) is 6.42 Å². The molecule has 1 unspecified atom stereocenters. The number of aryl methyl sites for hydroxylation is 2. The van der Waals surface area contributed by atoms with E-state index < -0.39 is 0 Å². The monoisotopic (exact) mass is 286 g/mol. The van der Waals surface area contributed by atoms with Crippen LogP contribution >= 0.6 is 0 Å². The minimum absolute atomic E-state index is 0.103. The Labute approximate surface area is 125 Å². The average Bonchev–Trinajstić information content (AvgIpc) is 3.09. The molecule has 1 amide bonds. The summed E-state index contributed by atoms with van der Waals surface area (Å²) in [5.74, 6) is 0.103. The van der Waals surface area contributed by atoms with Crippen LogP contribution in [0.15, 0.2) is 24.4 Å². The van der Waals surface area contributed by atoms with Crippen LogP contribution in [0.2, 0.25) is 0 Å². The molecule has 0 bridgehead atoms. The summed E-state index contributed by atoms with van der Waals surface area (Å²) in [6.07, 6.45) is 5.11. The number of carbonyl (C=O) groups is 1. The molecule has 3 heterocycles. The lowest BCUT2D eigenvalue weighted by Crippen LogP contribution is -2.46. The molecule has 0 spiro atoms. The Hall–Kier alpha value is -2.04. The number of amides is 1. The number of carbonyl (C=O) groups excluding carboxylic acids is 1. The van der Waals surface area contributed by atoms with Crippen molar-refractivity contribution in [3.8, 4) is 0 Å². The summed E-state index contributed by atoms with van der Waals surface area (Å²) < 4.78 is 2.03. The molecule has 5 nitrogen and oxygen atoms in total. The number of likely N-dealkylation sites (tertiary alicyclic amines) is 1. The van der Waals surface area contributed by atoms with Crippen LogP contribution in [0, 0.1) is 13.8 Å². The largest absolute Gasteiger partial charge is 0.357 e. The number of hydrogen-bond acceptors (Lipinski definition) is 2. The van der Waals surface area contributed by atoms with Gasteiger partial charge in [-0.15, -0.1) is 0 Å². The molecular weight excluding hydrogens is 264 g/mol. The quantitative estimate of drug-likeness (QED) is 0.942. The van der Waals surface area contributed by atoms with Crippen molar-refractivity contribution in [2.24, 2.45) is 0 Å². The van der Waals surface area contributed by atoms with Crippen LogP contribution in [0.4, 0.5) is 0 Å². The summed E-state index contributed by atoms with van der Waals surface area (Å²) in [5, 5.41) is 4.53. The second kappa shape index (κ2) is 5.76. The fourth-order valence-corrected chi connectivity index (χ4v) is 3.14.